The standard InChI is InChI=1S/C15H23N3O/c1-3-16-12-14-13-8-5-6-9-15(13)18(17-14)10-7-11-19-4-2/h5-6,8-9,16H,3-4,7,10-12H2,1-2H3. The van der Waals surface area contributed by atoms with Gasteiger partial charge < -0.3 is 10.1 Å². The molecule has 1 aromatic heterocycles. The van der Waals surface area contributed by atoms with Gasteiger partial charge in [-0.15, -0.1) is 0 Å². The Labute approximate surface area is 114 Å². The van der Waals surface area contributed by atoms with Crippen molar-refractivity contribution >= 4 is 10.9 Å². The second-order valence-electron chi connectivity index (χ2n) is 4.52. The number of aryl methyl sites for hydroxylation is 1. The van der Waals surface area contributed by atoms with Gasteiger partial charge in [0.2, 0.25) is 0 Å². The number of benzene rings is 1. The molecule has 0 saturated heterocycles. The molecule has 0 aliphatic rings. The van der Waals surface area contributed by atoms with Crippen LogP contribution in [0.2, 0.25) is 0 Å². The molecule has 0 bridgehead atoms. The van der Waals surface area contributed by atoms with E-state index in [0.717, 1.165) is 45.0 Å². The number of ether oxygens (including phenoxy) is 1. The van der Waals surface area contributed by atoms with Crippen LogP contribution in [-0.2, 0) is 17.8 Å². The Kier molecular flexibility index (Phi) is 5.36. The number of nitrogens with zero attached hydrogens (tertiary/aromatic N) is 2. The Bertz CT molecular complexity index is 507. The lowest BCUT2D eigenvalue weighted by molar-refractivity contribution is 0.141. The molecule has 4 nitrogen and oxygen atoms in total. The zero-order chi connectivity index (χ0) is 13.5. The highest BCUT2D eigenvalue weighted by Gasteiger charge is 2.08. The largest absolute Gasteiger partial charge is 0.382 e. The second kappa shape index (κ2) is 7.26. The number of nitrogens with one attached hydrogen (secondary N) is 1. The van der Waals surface area contributed by atoms with Crippen LogP contribution in [0.3, 0.4) is 0 Å². The quantitative estimate of drug-likeness (QED) is 0.742. The van der Waals surface area contributed by atoms with Crippen LogP contribution in [0.25, 0.3) is 10.9 Å². The van der Waals surface area contributed by atoms with E-state index >= 15 is 0 Å². The maximum absolute atomic E-state index is 5.39. The van der Waals surface area contributed by atoms with E-state index in [2.05, 4.69) is 41.2 Å². The average molecular weight is 261 g/mol. The SMILES string of the molecule is CCNCc1nn(CCCOCC)c2ccccc12. The molecule has 0 radical (unpaired) electrons. The van der Waals surface area contributed by atoms with Crippen molar-refractivity contribution < 1.29 is 4.74 Å². The molecule has 0 saturated carbocycles. The Morgan fingerprint density at radius 1 is 1.26 bits per heavy atom. The monoisotopic (exact) mass is 261 g/mol. The number of fused-ring (bicyclic) bond motifs is 1. The van der Waals surface area contributed by atoms with Gasteiger partial charge in [-0.25, -0.2) is 0 Å². The van der Waals surface area contributed by atoms with E-state index in [1.807, 2.05) is 6.92 Å². The predicted octanol–water partition coefficient (Wildman–Crippen LogP) is 2.57. The molecule has 19 heavy (non-hydrogen) atoms. The highest BCUT2D eigenvalue weighted by Crippen LogP contribution is 2.18. The fourth-order valence-corrected chi connectivity index (χ4v) is 2.20. The summed E-state index contributed by atoms with van der Waals surface area (Å²) < 4.78 is 7.48. The van der Waals surface area contributed by atoms with Crippen LogP contribution in [0.5, 0.6) is 0 Å². The van der Waals surface area contributed by atoms with E-state index in [9.17, 15) is 0 Å². The summed E-state index contributed by atoms with van der Waals surface area (Å²) in [6.45, 7) is 8.42. The lowest BCUT2D eigenvalue weighted by atomic mass is 10.2. The maximum atomic E-state index is 5.39. The van der Waals surface area contributed by atoms with E-state index in [0.29, 0.717) is 0 Å². The third-order valence-corrected chi connectivity index (χ3v) is 3.14. The first-order chi connectivity index (χ1) is 9.36. The fourth-order valence-electron chi connectivity index (χ4n) is 2.20. The van der Waals surface area contributed by atoms with Crippen LogP contribution in [0, 0.1) is 0 Å². The van der Waals surface area contributed by atoms with Crippen LogP contribution in [-0.4, -0.2) is 29.5 Å². The number of aromatic nitrogens is 2. The third kappa shape index (κ3) is 3.55. The summed E-state index contributed by atoms with van der Waals surface area (Å²) in [7, 11) is 0. The van der Waals surface area contributed by atoms with Crippen molar-refractivity contribution in [3.8, 4) is 0 Å². The number of para-hydroxylation sites is 1. The normalized spacial score (nSPS) is 11.3. The molecule has 104 valence electrons. The van der Waals surface area contributed by atoms with Crippen molar-refractivity contribution in [1.29, 1.82) is 0 Å². The summed E-state index contributed by atoms with van der Waals surface area (Å²) in [6.07, 6.45) is 1.00. The van der Waals surface area contributed by atoms with Crippen LogP contribution >= 0.6 is 0 Å². The van der Waals surface area contributed by atoms with Crippen molar-refractivity contribution in [2.75, 3.05) is 19.8 Å². The van der Waals surface area contributed by atoms with Gasteiger partial charge in [0.05, 0.1) is 11.2 Å². The molecule has 0 aliphatic heterocycles. The summed E-state index contributed by atoms with van der Waals surface area (Å²) in [5, 5.41) is 9.32. The van der Waals surface area contributed by atoms with Gasteiger partial charge in [-0.2, -0.15) is 5.10 Å². The molecule has 4 heteroatoms. The van der Waals surface area contributed by atoms with E-state index < -0.39 is 0 Å². The molecule has 1 aromatic carbocycles. The molecule has 0 atom stereocenters. The molecule has 2 rings (SSSR count). The highest BCUT2D eigenvalue weighted by atomic mass is 16.5. The lowest BCUT2D eigenvalue weighted by Gasteiger charge is -2.03. The van der Waals surface area contributed by atoms with Gasteiger partial charge in [0.25, 0.3) is 0 Å². The molecule has 1 heterocycles. The molecular weight excluding hydrogens is 238 g/mol. The zero-order valence-corrected chi connectivity index (χ0v) is 11.9. The Hall–Kier alpha value is -1.39. The molecule has 0 aliphatic carbocycles. The van der Waals surface area contributed by atoms with Gasteiger partial charge >= 0.3 is 0 Å². The zero-order valence-electron chi connectivity index (χ0n) is 11.9. The van der Waals surface area contributed by atoms with E-state index in [1.54, 1.807) is 0 Å². The first-order valence-corrected chi connectivity index (χ1v) is 7.09. The number of rotatable bonds is 8. The summed E-state index contributed by atoms with van der Waals surface area (Å²) in [5.41, 5.74) is 2.35. The molecule has 0 amide bonds. The van der Waals surface area contributed by atoms with Crippen molar-refractivity contribution in [2.45, 2.75) is 33.4 Å². The maximum Gasteiger partial charge on any atom is 0.0841 e. The summed E-state index contributed by atoms with van der Waals surface area (Å²) in [5.74, 6) is 0. The minimum atomic E-state index is 0.783. The molecule has 0 spiro atoms. The summed E-state index contributed by atoms with van der Waals surface area (Å²) in [4.78, 5) is 0. The van der Waals surface area contributed by atoms with Crippen molar-refractivity contribution in [3.05, 3.63) is 30.0 Å². The molecule has 0 fully saturated rings. The fraction of sp³-hybridized carbons (Fsp3) is 0.533. The smallest absolute Gasteiger partial charge is 0.0841 e. The van der Waals surface area contributed by atoms with Gasteiger partial charge in [0.15, 0.2) is 0 Å². The second-order valence-corrected chi connectivity index (χ2v) is 4.52. The number of hydrogen-bond donors (Lipinski definition) is 1. The molecular formula is C15H23N3O. The molecule has 0 unspecified atom stereocenters. The van der Waals surface area contributed by atoms with Gasteiger partial charge in [0.1, 0.15) is 0 Å². The van der Waals surface area contributed by atoms with Gasteiger partial charge in [-0.1, -0.05) is 25.1 Å². The first kappa shape index (κ1) is 14.0. The number of hydrogen-bond acceptors (Lipinski definition) is 3. The van der Waals surface area contributed by atoms with Crippen LogP contribution in [0.15, 0.2) is 24.3 Å². The highest BCUT2D eigenvalue weighted by molar-refractivity contribution is 5.81. The van der Waals surface area contributed by atoms with E-state index in [1.165, 1.54) is 10.9 Å². The van der Waals surface area contributed by atoms with Crippen molar-refractivity contribution in [2.24, 2.45) is 0 Å². The van der Waals surface area contributed by atoms with Crippen LogP contribution in [0.4, 0.5) is 0 Å². The summed E-state index contributed by atoms with van der Waals surface area (Å²) in [6, 6.07) is 8.43. The average Bonchev–Trinajstić information content (AvgIpc) is 2.80. The minimum absolute atomic E-state index is 0.783. The van der Waals surface area contributed by atoms with E-state index in [4.69, 9.17) is 9.84 Å². The third-order valence-electron chi connectivity index (χ3n) is 3.14. The van der Waals surface area contributed by atoms with E-state index in [-0.39, 0.29) is 0 Å². The first-order valence-electron chi connectivity index (χ1n) is 7.09. The van der Waals surface area contributed by atoms with Crippen molar-refractivity contribution in [1.82, 2.24) is 15.1 Å². The van der Waals surface area contributed by atoms with Gasteiger partial charge in [-0.05, 0) is 26.0 Å². The lowest BCUT2D eigenvalue weighted by Crippen LogP contribution is -2.13. The predicted molar refractivity (Wildman–Crippen MR) is 78.2 cm³/mol. The molecule has 1 N–H and O–H groups in total. The Morgan fingerprint density at radius 2 is 2.11 bits per heavy atom. The van der Waals surface area contributed by atoms with Gasteiger partial charge in [0, 0.05) is 31.7 Å². The Balaban J connectivity index is 2.13. The van der Waals surface area contributed by atoms with Crippen LogP contribution in [0.1, 0.15) is 26.0 Å². The minimum Gasteiger partial charge on any atom is -0.382 e. The van der Waals surface area contributed by atoms with Gasteiger partial charge in [-0.3, -0.25) is 4.68 Å². The topological polar surface area (TPSA) is 39.1 Å². The van der Waals surface area contributed by atoms with Crippen LogP contribution < -0.4 is 5.32 Å². The molecule has 2 aromatic rings. The Morgan fingerprint density at radius 3 is 2.89 bits per heavy atom. The summed E-state index contributed by atoms with van der Waals surface area (Å²) >= 11 is 0. The van der Waals surface area contributed by atoms with Crippen molar-refractivity contribution in [3.63, 3.8) is 0 Å².